The molecule has 0 fully saturated rings. The van der Waals surface area contributed by atoms with E-state index in [2.05, 4.69) is 42.5 Å². The molecule has 5 aromatic carbocycles. The van der Waals surface area contributed by atoms with Crippen LogP contribution in [0.25, 0.3) is 66.4 Å². The minimum atomic E-state index is -1.02. The Labute approximate surface area is 238 Å². The Morgan fingerprint density at radius 3 is 2.34 bits per heavy atom. The van der Waals surface area contributed by atoms with Crippen molar-refractivity contribution in [2.75, 3.05) is 0 Å². The van der Waals surface area contributed by atoms with Gasteiger partial charge in [-0.05, 0) is 86.1 Å². The van der Waals surface area contributed by atoms with Gasteiger partial charge in [-0.15, -0.1) is 0 Å². The van der Waals surface area contributed by atoms with Gasteiger partial charge >= 0.3 is 7.48 Å². The molecular formula is C35H29BNO4. The molecule has 5 nitrogen and oxygen atoms in total. The summed E-state index contributed by atoms with van der Waals surface area (Å²) in [6.07, 6.45) is 0. The van der Waals surface area contributed by atoms with Crippen LogP contribution in [0.1, 0.15) is 27.7 Å². The van der Waals surface area contributed by atoms with Gasteiger partial charge in [0.2, 0.25) is 5.89 Å². The summed E-state index contributed by atoms with van der Waals surface area (Å²) in [6, 6.07) is 32.7. The van der Waals surface area contributed by atoms with Crippen LogP contribution in [0.4, 0.5) is 0 Å². The van der Waals surface area contributed by atoms with Crippen LogP contribution in [0.15, 0.2) is 106 Å². The summed E-state index contributed by atoms with van der Waals surface area (Å²) in [7, 11) is 1.72. The van der Waals surface area contributed by atoms with Crippen molar-refractivity contribution in [3.63, 3.8) is 0 Å². The predicted molar refractivity (Wildman–Crippen MR) is 167 cm³/mol. The first-order valence-electron chi connectivity index (χ1n) is 13.8. The van der Waals surface area contributed by atoms with Crippen molar-refractivity contribution in [3.05, 3.63) is 97.1 Å². The van der Waals surface area contributed by atoms with Crippen molar-refractivity contribution in [2.24, 2.45) is 0 Å². The normalized spacial score (nSPS) is 12.6. The molecule has 1 radical (unpaired) electrons. The van der Waals surface area contributed by atoms with Gasteiger partial charge in [0.05, 0.1) is 11.2 Å². The fraction of sp³-hybridized carbons (Fsp3) is 0.171. The minimum Gasteiger partial charge on any atom is -0.456 e. The third-order valence-electron chi connectivity index (χ3n) is 8.20. The number of aromatic nitrogens is 1. The molecule has 0 aliphatic rings. The highest BCUT2D eigenvalue weighted by molar-refractivity contribution is 6.52. The van der Waals surface area contributed by atoms with Crippen LogP contribution in [0, 0.1) is 0 Å². The van der Waals surface area contributed by atoms with Crippen molar-refractivity contribution < 1.29 is 18.6 Å². The molecule has 2 heterocycles. The maximum Gasteiger partial charge on any atom is 0.331 e. The standard InChI is InChI=1S/C35H29BNO4/c1-34(2,38)35(3,4)41-36-27-13-8-14-30-31(27)26-20-23(16-18-29(26)39-30)22-10-7-11-24(19-22)33-37-28-17-15-21-9-5-6-12-25(21)32(28)40-33/h5-20,38H,1-4H3. The van der Waals surface area contributed by atoms with Gasteiger partial charge in [0, 0.05) is 21.7 Å². The maximum absolute atomic E-state index is 10.5. The number of aliphatic hydroxyl groups is 1. The molecule has 0 unspecified atom stereocenters. The number of oxazole rings is 1. The summed E-state index contributed by atoms with van der Waals surface area (Å²) in [6.45, 7) is 7.25. The Hall–Kier alpha value is -4.39. The van der Waals surface area contributed by atoms with Gasteiger partial charge in [-0.3, -0.25) is 0 Å². The molecule has 7 aromatic rings. The number of furan rings is 1. The summed E-state index contributed by atoms with van der Waals surface area (Å²) >= 11 is 0. The van der Waals surface area contributed by atoms with Crippen LogP contribution in [0.3, 0.4) is 0 Å². The fourth-order valence-electron chi connectivity index (χ4n) is 5.10. The molecule has 1 N–H and O–H groups in total. The van der Waals surface area contributed by atoms with E-state index in [0.29, 0.717) is 5.89 Å². The summed E-state index contributed by atoms with van der Waals surface area (Å²) in [5, 5.41) is 14.7. The second kappa shape index (κ2) is 9.33. The second-order valence-corrected chi connectivity index (χ2v) is 11.6. The predicted octanol–water partition coefficient (Wildman–Crippen LogP) is 8.03. The number of nitrogens with zero attached hydrogens (tertiary/aromatic N) is 1. The third-order valence-corrected chi connectivity index (χ3v) is 8.20. The molecule has 201 valence electrons. The Bertz CT molecular complexity index is 2080. The lowest BCUT2D eigenvalue weighted by Crippen LogP contribution is -2.49. The van der Waals surface area contributed by atoms with Crippen molar-refractivity contribution in [1.82, 2.24) is 4.98 Å². The van der Waals surface area contributed by atoms with Gasteiger partial charge in [0.15, 0.2) is 5.58 Å². The van der Waals surface area contributed by atoms with E-state index in [0.717, 1.165) is 66.0 Å². The molecule has 0 bridgehead atoms. The topological polar surface area (TPSA) is 68.6 Å². The third kappa shape index (κ3) is 4.40. The lowest BCUT2D eigenvalue weighted by molar-refractivity contribution is -0.0893. The van der Waals surface area contributed by atoms with E-state index < -0.39 is 11.2 Å². The lowest BCUT2D eigenvalue weighted by atomic mass is 9.80. The minimum absolute atomic E-state index is 0.594. The van der Waals surface area contributed by atoms with Crippen molar-refractivity contribution in [2.45, 2.75) is 38.9 Å². The summed E-state index contributed by atoms with van der Waals surface area (Å²) in [5.74, 6) is 0.594. The van der Waals surface area contributed by atoms with E-state index in [4.69, 9.17) is 18.5 Å². The highest BCUT2D eigenvalue weighted by atomic mass is 16.5. The quantitative estimate of drug-likeness (QED) is 0.217. The molecule has 41 heavy (non-hydrogen) atoms. The Balaban J connectivity index is 1.28. The van der Waals surface area contributed by atoms with E-state index in [9.17, 15) is 5.11 Å². The van der Waals surface area contributed by atoms with Gasteiger partial charge < -0.3 is 18.6 Å². The molecule has 6 heteroatoms. The second-order valence-electron chi connectivity index (χ2n) is 11.6. The number of benzene rings is 5. The average molecular weight is 538 g/mol. The van der Waals surface area contributed by atoms with E-state index in [1.807, 2.05) is 68.4 Å². The number of fused-ring (bicyclic) bond motifs is 6. The first kappa shape index (κ1) is 25.6. The van der Waals surface area contributed by atoms with Crippen LogP contribution in [0.2, 0.25) is 0 Å². The first-order valence-corrected chi connectivity index (χ1v) is 13.8. The number of hydrogen-bond donors (Lipinski definition) is 1. The number of rotatable bonds is 6. The first-order chi connectivity index (χ1) is 19.7. The monoisotopic (exact) mass is 538 g/mol. The van der Waals surface area contributed by atoms with Crippen LogP contribution >= 0.6 is 0 Å². The highest BCUT2D eigenvalue weighted by Gasteiger charge is 2.36. The van der Waals surface area contributed by atoms with Crippen molar-refractivity contribution in [1.29, 1.82) is 0 Å². The van der Waals surface area contributed by atoms with Crippen LogP contribution in [-0.4, -0.2) is 28.8 Å². The molecule has 0 aliphatic heterocycles. The van der Waals surface area contributed by atoms with Gasteiger partial charge in [0.25, 0.3) is 0 Å². The molecule has 0 amide bonds. The molecule has 0 saturated carbocycles. The zero-order valence-corrected chi connectivity index (χ0v) is 23.4. The summed E-state index contributed by atoms with van der Waals surface area (Å²) < 4.78 is 18.6. The molecule has 0 spiro atoms. The Morgan fingerprint density at radius 1 is 0.707 bits per heavy atom. The average Bonchev–Trinajstić information content (AvgIpc) is 3.57. The maximum atomic E-state index is 10.5. The molecule has 7 rings (SSSR count). The Kier molecular flexibility index (Phi) is 5.82. The van der Waals surface area contributed by atoms with E-state index in [-0.39, 0.29) is 0 Å². The SMILES string of the molecule is CC(C)(O)C(C)(C)O[B]c1cccc2oc3ccc(-c4cccc(-c5nc6ccc7ccccc7c6o5)c4)cc3c12. The zero-order valence-electron chi connectivity index (χ0n) is 23.4. The van der Waals surface area contributed by atoms with Gasteiger partial charge in [-0.25, -0.2) is 4.98 Å². The van der Waals surface area contributed by atoms with E-state index in [1.165, 1.54) is 0 Å². The van der Waals surface area contributed by atoms with Crippen molar-refractivity contribution in [3.8, 4) is 22.6 Å². The van der Waals surface area contributed by atoms with E-state index in [1.54, 1.807) is 21.3 Å². The molecule has 2 aromatic heterocycles. The highest BCUT2D eigenvalue weighted by Crippen LogP contribution is 2.35. The largest absolute Gasteiger partial charge is 0.456 e. The van der Waals surface area contributed by atoms with Gasteiger partial charge in [-0.1, -0.05) is 60.7 Å². The van der Waals surface area contributed by atoms with E-state index >= 15 is 0 Å². The van der Waals surface area contributed by atoms with Crippen molar-refractivity contribution >= 4 is 56.8 Å². The van der Waals surface area contributed by atoms with Crippen LogP contribution < -0.4 is 5.46 Å². The van der Waals surface area contributed by atoms with Crippen LogP contribution in [0.5, 0.6) is 0 Å². The lowest BCUT2D eigenvalue weighted by Gasteiger charge is -2.37. The molecule has 0 atom stereocenters. The fourth-order valence-corrected chi connectivity index (χ4v) is 5.10. The zero-order chi connectivity index (χ0) is 28.4. The molecular weight excluding hydrogens is 509 g/mol. The summed E-state index contributed by atoms with van der Waals surface area (Å²) in [5.41, 5.74) is 5.33. The molecule has 0 aliphatic carbocycles. The van der Waals surface area contributed by atoms with Gasteiger partial charge in [0.1, 0.15) is 16.7 Å². The van der Waals surface area contributed by atoms with Crippen LogP contribution in [-0.2, 0) is 4.65 Å². The Morgan fingerprint density at radius 2 is 1.49 bits per heavy atom. The number of hydrogen-bond acceptors (Lipinski definition) is 5. The van der Waals surface area contributed by atoms with Gasteiger partial charge in [-0.2, -0.15) is 0 Å². The smallest absolute Gasteiger partial charge is 0.331 e. The molecule has 0 saturated heterocycles. The summed E-state index contributed by atoms with van der Waals surface area (Å²) in [4.78, 5) is 4.80.